The van der Waals surface area contributed by atoms with Crippen molar-refractivity contribution in [1.29, 1.82) is 0 Å². The summed E-state index contributed by atoms with van der Waals surface area (Å²) in [6, 6.07) is 24.8. The van der Waals surface area contributed by atoms with Crippen molar-refractivity contribution in [3.05, 3.63) is 149 Å². The molecule has 0 N–H and O–H groups in total. The van der Waals surface area contributed by atoms with Gasteiger partial charge in [-0.3, -0.25) is 9.78 Å². The molecule has 55 heavy (non-hydrogen) atoms. The fourth-order valence-electron chi connectivity index (χ4n) is 5.98. The van der Waals surface area contributed by atoms with E-state index in [1.54, 1.807) is 51.5 Å². The number of alkyl halides is 3. The Labute approximate surface area is 315 Å². The van der Waals surface area contributed by atoms with Gasteiger partial charge in [0.1, 0.15) is 23.1 Å². The van der Waals surface area contributed by atoms with Crippen LogP contribution in [0, 0.1) is 0 Å². The highest BCUT2D eigenvalue weighted by atomic mass is 19.4. The molecule has 0 saturated heterocycles. The van der Waals surface area contributed by atoms with E-state index in [9.17, 15) is 22.8 Å². The number of hydrogen-bond donors (Lipinski definition) is 0. The van der Waals surface area contributed by atoms with Gasteiger partial charge < -0.3 is 24.0 Å². The maximum absolute atomic E-state index is 14.4. The molecule has 1 amide bonds. The maximum atomic E-state index is 14.4. The topological polar surface area (TPSA) is 120 Å². The highest BCUT2D eigenvalue weighted by molar-refractivity contribution is 6.07. The minimum Gasteiger partial charge on any atom is -0.497 e. The Kier molecular flexibility index (Phi) is 11.5. The van der Waals surface area contributed by atoms with Crippen molar-refractivity contribution in [2.45, 2.75) is 38.8 Å². The lowest BCUT2D eigenvalue weighted by Crippen LogP contribution is -2.34. The number of fused-ring (bicyclic) bond motifs is 1. The first-order valence-corrected chi connectivity index (χ1v) is 17.1. The molecule has 1 atom stereocenters. The van der Waals surface area contributed by atoms with Crippen molar-refractivity contribution in [3.63, 3.8) is 0 Å². The first-order chi connectivity index (χ1) is 26.5. The number of anilines is 1. The molecule has 0 aliphatic rings. The van der Waals surface area contributed by atoms with Gasteiger partial charge in [0.05, 0.1) is 56.3 Å². The van der Waals surface area contributed by atoms with E-state index in [0.717, 1.165) is 23.4 Å². The number of carbonyl (C=O) groups is 2. The minimum atomic E-state index is -4.56. The smallest absolute Gasteiger partial charge is 0.417 e. The third kappa shape index (κ3) is 8.98. The summed E-state index contributed by atoms with van der Waals surface area (Å²) in [5, 5.41) is 0.367. The second-order valence-corrected chi connectivity index (χ2v) is 12.6. The Bertz CT molecular complexity index is 2210. The van der Waals surface area contributed by atoms with Crippen LogP contribution in [0.3, 0.4) is 0 Å². The molecule has 0 radical (unpaired) electrons. The van der Waals surface area contributed by atoms with Crippen LogP contribution in [0.4, 0.5) is 19.0 Å². The van der Waals surface area contributed by atoms with Crippen LogP contribution in [0.1, 0.15) is 61.9 Å². The van der Waals surface area contributed by atoms with Crippen LogP contribution >= 0.6 is 0 Å². The first-order valence-electron chi connectivity index (χ1n) is 17.1. The fourth-order valence-corrected chi connectivity index (χ4v) is 5.98. The summed E-state index contributed by atoms with van der Waals surface area (Å²) in [6.45, 7) is 2.42. The number of halogens is 3. The number of benzene rings is 3. The average molecular weight is 751 g/mol. The number of esters is 1. The summed E-state index contributed by atoms with van der Waals surface area (Å²) in [5.74, 6) is 1.11. The van der Waals surface area contributed by atoms with Crippen molar-refractivity contribution >= 4 is 28.6 Å². The molecule has 6 rings (SSSR count). The largest absolute Gasteiger partial charge is 0.497 e. The van der Waals surface area contributed by atoms with Crippen molar-refractivity contribution < 1.29 is 37.0 Å². The summed E-state index contributed by atoms with van der Waals surface area (Å²) in [5.41, 5.74) is 2.06. The van der Waals surface area contributed by atoms with Gasteiger partial charge in [-0.2, -0.15) is 13.2 Å². The summed E-state index contributed by atoms with van der Waals surface area (Å²) in [7, 11) is 4.48. The Morgan fingerprint density at radius 2 is 1.38 bits per heavy atom. The lowest BCUT2D eigenvalue weighted by molar-refractivity contribution is -0.137. The molecule has 11 nitrogen and oxygen atoms in total. The average Bonchev–Trinajstić information content (AvgIpc) is 3.21. The Morgan fingerprint density at radius 3 is 1.91 bits per heavy atom. The summed E-state index contributed by atoms with van der Waals surface area (Å²) >= 11 is 0. The lowest BCUT2D eigenvalue weighted by Gasteiger charge is -2.28. The van der Waals surface area contributed by atoms with Crippen LogP contribution in [0.25, 0.3) is 10.9 Å². The molecule has 0 bridgehead atoms. The van der Waals surface area contributed by atoms with Gasteiger partial charge in [-0.1, -0.05) is 24.3 Å². The van der Waals surface area contributed by atoms with Gasteiger partial charge in [-0.15, -0.1) is 0 Å². The zero-order valence-electron chi connectivity index (χ0n) is 30.4. The standard InChI is InChI=1S/C41H37F3N6O5/c1-26(38-45-18-5-19-46-38)50(25-31-12-11-30(22-47-31)41(42,43)44)39(51)29-10-17-36-34(20-29)35(40(52)55-4)21-37(48-36)49(23-27-6-13-32(53-2)14-7-27)24-28-8-15-33(54-3)16-9-28/h5-22,26H,23-25H2,1-4H3. The molecule has 282 valence electrons. The number of ether oxygens (including phenoxy) is 3. The SMILES string of the molecule is COC(=O)c1cc(N(Cc2ccc(OC)cc2)Cc2ccc(OC)cc2)nc2ccc(C(=O)N(Cc3ccc(C(F)(F)F)cn3)C(C)c3ncccn3)cc12. The highest BCUT2D eigenvalue weighted by Crippen LogP contribution is 2.31. The molecule has 6 aromatic rings. The number of hydrogen-bond acceptors (Lipinski definition) is 10. The van der Waals surface area contributed by atoms with E-state index in [2.05, 4.69) is 15.0 Å². The summed E-state index contributed by atoms with van der Waals surface area (Å²) in [6.07, 6.45) is -0.764. The normalized spacial score (nSPS) is 11.8. The number of nitrogens with zero attached hydrogens (tertiary/aromatic N) is 6. The van der Waals surface area contributed by atoms with Crippen molar-refractivity contribution in [3.8, 4) is 11.5 Å². The quantitative estimate of drug-likeness (QED) is 0.108. The van der Waals surface area contributed by atoms with E-state index in [-0.39, 0.29) is 23.4 Å². The number of pyridine rings is 2. The Balaban J connectivity index is 1.40. The molecule has 14 heteroatoms. The van der Waals surface area contributed by atoms with Crippen molar-refractivity contribution in [2.24, 2.45) is 0 Å². The second-order valence-electron chi connectivity index (χ2n) is 12.6. The van der Waals surface area contributed by atoms with Gasteiger partial charge in [-0.25, -0.2) is 19.7 Å². The third-order valence-electron chi connectivity index (χ3n) is 9.01. The van der Waals surface area contributed by atoms with E-state index >= 15 is 0 Å². The van der Waals surface area contributed by atoms with E-state index in [0.29, 0.717) is 47.1 Å². The third-order valence-corrected chi connectivity index (χ3v) is 9.01. The zero-order valence-corrected chi connectivity index (χ0v) is 30.4. The predicted octanol–water partition coefficient (Wildman–Crippen LogP) is 7.85. The highest BCUT2D eigenvalue weighted by Gasteiger charge is 2.31. The Morgan fingerprint density at radius 1 is 0.764 bits per heavy atom. The van der Waals surface area contributed by atoms with Gasteiger partial charge in [0.2, 0.25) is 0 Å². The Hall–Kier alpha value is -6.57. The number of aromatic nitrogens is 4. The molecule has 1 unspecified atom stereocenters. The van der Waals surface area contributed by atoms with Gasteiger partial charge in [0.25, 0.3) is 5.91 Å². The lowest BCUT2D eigenvalue weighted by atomic mass is 10.0. The molecule has 0 spiro atoms. The van der Waals surface area contributed by atoms with Gasteiger partial charge in [-0.05, 0) is 84.8 Å². The summed E-state index contributed by atoms with van der Waals surface area (Å²) in [4.78, 5) is 48.8. The summed E-state index contributed by atoms with van der Waals surface area (Å²) < 4.78 is 55.7. The maximum Gasteiger partial charge on any atom is 0.417 e. The molecule has 0 saturated carbocycles. The molecule has 3 aromatic carbocycles. The fraction of sp³-hybridized carbons (Fsp3) is 0.220. The van der Waals surface area contributed by atoms with E-state index in [1.165, 1.54) is 30.5 Å². The minimum absolute atomic E-state index is 0.152. The monoisotopic (exact) mass is 750 g/mol. The molecule has 0 aliphatic heterocycles. The van der Waals surface area contributed by atoms with E-state index in [4.69, 9.17) is 19.2 Å². The number of amides is 1. The molecular weight excluding hydrogens is 713 g/mol. The van der Waals surface area contributed by atoms with Crippen molar-refractivity contribution in [1.82, 2.24) is 24.8 Å². The number of carbonyl (C=O) groups excluding carboxylic acids is 2. The molecule has 0 aliphatic carbocycles. The predicted molar refractivity (Wildman–Crippen MR) is 199 cm³/mol. The van der Waals surface area contributed by atoms with Crippen molar-refractivity contribution in [2.75, 3.05) is 26.2 Å². The van der Waals surface area contributed by atoms with Crippen LogP contribution in [0.5, 0.6) is 11.5 Å². The van der Waals surface area contributed by atoms with Crippen LogP contribution in [-0.4, -0.2) is 58.0 Å². The van der Waals surface area contributed by atoms with Crippen LogP contribution < -0.4 is 14.4 Å². The van der Waals surface area contributed by atoms with E-state index < -0.39 is 29.7 Å². The molecule has 0 fully saturated rings. The second kappa shape index (κ2) is 16.6. The zero-order chi connectivity index (χ0) is 39.1. The molecule has 3 heterocycles. The first kappa shape index (κ1) is 38.2. The molecule has 3 aromatic heterocycles. The van der Waals surface area contributed by atoms with Crippen LogP contribution in [-0.2, 0) is 30.5 Å². The van der Waals surface area contributed by atoms with Gasteiger partial charge in [0.15, 0.2) is 0 Å². The van der Waals surface area contributed by atoms with Crippen LogP contribution in [0.2, 0.25) is 0 Å². The number of rotatable bonds is 13. The van der Waals surface area contributed by atoms with E-state index in [1.807, 2.05) is 53.4 Å². The van der Waals surface area contributed by atoms with Crippen LogP contribution in [0.15, 0.2) is 110 Å². The molecular formula is C41H37F3N6O5. The number of methoxy groups -OCH3 is 3. The van der Waals surface area contributed by atoms with Gasteiger partial charge in [0, 0.05) is 42.6 Å². The van der Waals surface area contributed by atoms with Gasteiger partial charge >= 0.3 is 12.1 Å².